The summed E-state index contributed by atoms with van der Waals surface area (Å²) in [6.45, 7) is 3.23. The quantitative estimate of drug-likeness (QED) is 0.307. The third-order valence-corrected chi connectivity index (χ3v) is 5.73. The minimum absolute atomic E-state index is 0.432. The van der Waals surface area contributed by atoms with Gasteiger partial charge >= 0.3 is 11.9 Å². The summed E-state index contributed by atoms with van der Waals surface area (Å²) in [7, 11) is 1.72. The molecule has 3 rings (SSSR count). The predicted molar refractivity (Wildman–Crippen MR) is 130 cm³/mol. The van der Waals surface area contributed by atoms with E-state index in [1.54, 1.807) is 7.11 Å². The average Bonchev–Trinajstić information content (AvgIpc) is 2.75. The van der Waals surface area contributed by atoms with Crippen LogP contribution in [0.4, 0.5) is 0 Å². The fourth-order valence-electron chi connectivity index (χ4n) is 3.09. The third kappa shape index (κ3) is 8.18. The van der Waals surface area contributed by atoms with Crippen molar-refractivity contribution in [3.8, 4) is 5.75 Å². The highest BCUT2D eigenvalue weighted by molar-refractivity contribution is 14.1. The minimum atomic E-state index is -1.82. The van der Waals surface area contributed by atoms with Gasteiger partial charge in [0.2, 0.25) is 0 Å². The van der Waals surface area contributed by atoms with Gasteiger partial charge in [-0.15, -0.1) is 0 Å². The molecule has 7 heteroatoms. The Morgan fingerprint density at radius 1 is 1.00 bits per heavy atom. The molecule has 0 aliphatic heterocycles. The molecule has 0 aliphatic carbocycles. The summed E-state index contributed by atoms with van der Waals surface area (Å²) < 4.78 is 6.63. The summed E-state index contributed by atoms with van der Waals surface area (Å²) >= 11 is 2.40. The maximum Gasteiger partial charge on any atom is 0.414 e. The van der Waals surface area contributed by atoms with Gasteiger partial charge in [-0.2, -0.15) is 0 Å². The van der Waals surface area contributed by atoms with Gasteiger partial charge in [-0.3, -0.25) is 0 Å². The van der Waals surface area contributed by atoms with E-state index in [1.807, 2.05) is 6.07 Å². The lowest BCUT2D eigenvalue weighted by Gasteiger charge is -2.16. The Balaban J connectivity index is 0.000000501. The summed E-state index contributed by atoms with van der Waals surface area (Å²) in [5.74, 6) is -2.72. The number of benzene rings is 3. The van der Waals surface area contributed by atoms with Gasteiger partial charge < -0.3 is 20.3 Å². The van der Waals surface area contributed by atoms with Crippen LogP contribution < -0.4 is 10.1 Å². The van der Waals surface area contributed by atoms with Crippen LogP contribution in [0.2, 0.25) is 0 Å². The number of fused-ring (bicyclic) bond motifs is 1. The van der Waals surface area contributed by atoms with Crippen LogP contribution in [0.5, 0.6) is 5.75 Å². The van der Waals surface area contributed by atoms with Crippen molar-refractivity contribution in [2.75, 3.05) is 13.7 Å². The first-order valence-corrected chi connectivity index (χ1v) is 10.9. The zero-order chi connectivity index (χ0) is 22.8. The second-order valence-corrected chi connectivity index (χ2v) is 8.22. The van der Waals surface area contributed by atoms with Gasteiger partial charge in [0, 0.05) is 9.61 Å². The predicted octanol–water partition coefficient (Wildman–Crippen LogP) is 4.37. The molecule has 0 bridgehead atoms. The monoisotopic (exact) mass is 535 g/mol. The highest BCUT2D eigenvalue weighted by atomic mass is 127. The molecule has 0 saturated carbocycles. The summed E-state index contributed by atoms with van der Waals surface area (Å²) in [6.07, 6.45) is 2.05. The van der Waals surface area contributed by atoms with Gasteiger partial charge in [-0.1, -0.05) is 42.5 Å². The van der Waals surface area contributed by atoms with Crippen LogP contribution in [0, 0.1) is 3.57 Å². The van der Waals surface area contributed by atoms with Crippen molar-refractivity contribution in [3.63, 3.8) is 0 Å². The van der Waals surface area contributed by atoms with Crippen LogP contribution in [-0.4, -0.2) is 41.8 Å². The molecule has 0 aliphatic rings. The molecule has 1 unspecified atom stereocenters. The summed E-state index contributed by atoms with van der Waals surface area (Å²) in [6, 6.07) is 22.0. The molecule has 3 aromatic rings. The maximum absolute atomic E-state index is 9.10. The van der Waals surface area contributed by atoms with E-state index in [-0.39, 0.29) is 0 Å². The van der Waals surface area contributed by atoms with Gasteiger partial charge in [0.25, 0.3) is 0 Å². The Morgan fingerprint density at radius 2 is 1.68 bits per heavy atom. The van der Waals surface area contributed by atoms with Crippen molar-refractivity contribution in [2.45, 2.75) is 25.8 Å². The van der Waals surface area contributed by atoms with E-state index in [9.17, 15) is 0 Å². The van der Waals surface area contributed by atoms with Crippen LogP contribution in [0.3, 0.4) is 0 Å². The maximum atomic E-state index is 9.10. The van der Waals surface area contributed by atoms with Crippen LogP contribution in [0.25, 0.3) is 10.8 Å². The molecule has 3 aromatic carbocycles. The van der Waals surface area contributed by atoms with Crippen molar-refractivity contribution in [3.05, 3.63) is 75.4 Å². The second-order valence-electron chi connectivity index (χ2n) is 7.06. The van der Waals surface area contributed by atoms with E-state index in [4.69, 9.17) is 24.5 Å². The molecule has 31 heavy (non-hydrogen) atoms. The number of carbonyl (C=O) groups is 2. The molecule has 0 spiro atoms. The van der Waals surface area contributed by atoms with Crippen LogP contribution in [0.1, 0.15) is 18.1 Å². The zero-order valence-electron chi connectivity index (χ0n) is 17.5. The number of aliphatic carboxylic acids is 2. The fourth-order valence-corrected chi connectivity index (χ4v) is 3.65. The molecule has 164 valence electrons. The molecule has 6 nitrogen and oxygen atoms in total. The number of ether oxygens (including phenoxy) is 1. The summed E-state index contributed by atoms with van der Waals surface area (Å²) in [5, 5.41) is 21.1. The minimum Gasteiger partial charge on any atom is -0.497 e. The second kappa shape index (κ2) is 12.3. The number of hydrogen-bond acceptors (Lipinski definition) is 4. The van der Waals surface area contributed by atoms with Gasteiger partial charge in [0.1, 0.15) is 5.75 Å². The van der Waals surface area contributed by atoms with E-state index >= 15 is 0 Å². The smallest absolute Gasteiger partial charge is 0.414 e. The van der Waals surface area contributed by atoms with Crippen molar-refractivity contribution < 1.29 is 24.5 Å². The van der Waals surface area contributed by atoms with Gasteiger partial charge in [-0.25, -0.2) is 9.59 Å². The van der Waals surface area contributed by atoms with Crippen molar-refractivity contribution in [1.82, 2.24) is 5.32 Å². The first-order chi connectivity index (χ1) is 14.8. The largest absolute Gasteiger partial charge is 0.497 e. The Morgan fingerprint density at radius 3 is 2.32 bits per heavy atom. The number of methoxy groups -OCH3 is 1. The highest BCUT2D eigenvalue weighted by Crippen LogP contribution is 2.21. The van der Waals surface area contributed by atoms with E-state index in [0.29, 0.717) is 6.04 Å². The summed E-state index contributed by atoms with van der Waals surface area (Å²) in [4.78, 5) is 18.2. The molecule has 0 aromatic heterocycles. The molecule has 0 saturated heterocycles. The van der Waals surface area contributed by atoms with Gasteiger partial charge in [-0.05, 0) is 89.0 Å². The lowest BCUT2D eigenvalue weighted by molar-refractivity contribution is -0.159. The molecule has 0 amide bonds. The summed E-state index contributed by atoms with van der Waals surface area (Å²) in [5.41, 5.74) is 2.72. The molecule has 0 heterocycles. The molecular formula is C24H26INO5. The zero-order valence-corrected chi connectivity index (χ0v) is 19.6. The van der Waals surface area contributed by atoms with Crippen LogP contribution >= 0.6 is 22.6 Å². The van der Waals surface area contributed by atoms with Gasteiger partial charge in [0.15, 0.2) is 0 Å². The molecule has 1 atom stereocenters. The first-order valence-electron chi connectivity index (χ1n) is 9.80. The molecule has 3 N–H and O–H groups in total. The SMILES string of the molecule is COc1ccc(I)c(CC(C)NCCc2ccc3ccccc3c2)c1.O=C(O)C(=O)O. The number of carboxylic acid groups (broad SMARTS) is 2. The highest BCUT2D eigenvalue weighted by Gasteiger charge is 2.08. The fraction of sp³-hybridized carbons (Fsp3) is 0.250. The number of hydrogen-bond donors (Lipinski definition) is 3. The Bertz CT molecular complexity index is 1030. The molecule has 0 fully saturated rings. The third-order valence-electron chi connectivity index (χ3n) is 4.68. The van der Waals surface area contributed by atoms with E-state index in [1.165, 1.54) is 25.5 Å². The number of halogens is 1. The van der Waals surface area contributed by atoms with Crippen molar-refractivity contribution in [1.29, 1.82) is 0 Å². The van der Waals surface area contributed by atoms with E-state index in [0.717, 1.165) is 25.1 Å². The molecular weight excluding hydrogens is 509 g/mol. The first kappa shape index (κ1) is 24.6. The number of rotatable bonds is 7. The number of nitrogens with one attached hydrogen (secondary N) is 1. The lowest BCUT2D eigenvalue weighted by Crippen LogP contribution is -2.30. The normalized spacial score (nSPS) is 11.3. The average molecular weight is 535 g/mol. The topological polar surface area (TPSA) is 95.9 Å². The van der Waals surface area contributed by atoms with Crippen molar-refractivity contribution in [2.24, 2.45) is 0 Å². The Hall–Kier alpha value is -2.65. The van der Waals surface area contributed by atoms with E-state index < -0.39 is 11.9 Å². The number of carboxylic acids is 2. The van der Waals surface area contributed by atoms with Crippen molar-refractivity contribution >= 4 is 45.3 Å². The molecule has 0 radical (unpaired) electrons. The Kier molecular flexibility index (Phi) is 9.74. The Labute approximate surface area is 195 Å². The van der Waals surface area contributed by atoms with E-state index in [2.05, 4.69) is 89.4 Å². The van der Waals surface area contributed by atoms with Gasteiger partial charge in [0.05, 0.1) is 7.11 Å². The standard InChI is InChI=1S/C22H24INO.C2H2O4/c1-16(13-20-15-21(25-2)9-10-22(20)23)24-12-11-17-7-8-18-5-3-4-6-19(18)14-17;3-1(4)2(5)6/h3-10,14-16,24H,11-13H2,1-2H3;(H,3,4)(H,5,6). The van der Waals surface area contributed by atoms with Crippen LogP contribution in [-0.2, 0) is 22.4 Å². The lowest BCUT2D eigenvalue weighted by atomic mass is 10.0. The van der Waals surface area contributed by atoms with Crippen LogP contribution in [0.15, 0.2) is 60.7 Å².